The van der Waals surface area contributed by atoms with Gasteiger partial charge in [-0.1, -0.05) is 133 Å². The van der Waals surface area contributed by atoms with Gasteiger partial charge in [0.25, 0.3) is 0 Å². The molecule has 8 aromatic carbocycles. The minimum absolute atomic E-state index is 0.791. The fraction of sp³-hybridized carbons (Fsp3) is 0.0435. The first-order valence-corrected chi connectivity index (χ1v) is 16.5. The Hall–Kier alpha value is -6.12. The number of benzene rings is 8. The summed E-state index contributed by atoms with van der Waals surface area (Å²) >= 11 is 0. The van der Waals surface area contributed by atoms with E-state index in [1.54, 1.807) is 0 Å². The molecule has 0 radical (unpaired) electrons. The Morgan fingerprint density at radius 1 is 0.333 bits per heavy atom. The molecule has 0 N–H and O–H groups in total. The third-order valence-corrected chi connectivity index (χ3v) is 9.58. The summed E-state index contributed by atoms with van der Waals surface area (Å²) in [5.74, 6) is 0.791. The highest BCUT2D eigenvalue weighted by Gasteiger charge is 2.18. The van der Waals surface area contributed by atoms with Gasteiger partial charge in [0.15, 0.2) is 0 Å². The molecule has 0 aliphatic carbocycles. The van der Waals surface area contributed by atoms with Crippen LogP contribution in [0.25, 0.3) is 87.7 Å². The van der Waals surface area contributed by atoms with Crippen molar-refractivity contribution in [2.75, 3.05) is 0 Å². The van der Waals surface area contributed by atoms with Crippen molar-refractivity contribution in [3.05, 3.63) is 169 Å². The van der Waals surface area contributed by atoms with Gasteiger partial charge in [-0.15, -0.1) is 0 Å². The second kappa shape index (κ2) is 11.3. The van der Waals surface area contributed by atoms with Gasteiger partial charge in [0.1, 0.15) is 5.82 Å². The molecule has 1 aromatic heterocycles. The van der Waals surface area contributed by atoms with Crippen LogP contribution in [0.1, 0.15) is 11.5 Å². The van der Waals surface area contributed by atoms with Crippen LogP contribution in [0.4, 0.5) is 0 Å². The Morgan fingerprint density at radius 2 is 0.812 bits per heavy atom. The van der Waals surface area contributed by atoms with Gasteiger partial charge in [0.2, 0.25) is 0 Å². The van der Waals surface area contributed by atoms with Gasteiger partial charge in [-0.05, 0) is 115 Å². The molecule has 0 saturated heterocycles. The predicted octanol–water partition coefficient (Wildman–Crippen LogP) is 12.4. The third-order valence-electron chi connectivity index (χ3n) is 9.58. The van der Waals surface area contributed by atoms with Crippen molar-refractivity contribution in [1.82, 2.24) is 9.97 Å². The van der Waals surface area contributed by atoms with E-state index in [0.717, 1.165) is 22.8 Å². The molecule has 0 atom stereocenters. The van der Waals surface area contributed by atoms with Crippen molar-refractivity contribution >= 4 is 43.1 Å². The van der Waals surface area contributed by atoms with Crippen LogP contribution in [-0.4, -0.2) is 9.97 Å². The monoisotopic (exact) mass is 612 g/mol. The van der Waals surface area contributed by atoms with Crippen LogP contribution in [0.5, 0.6) is 0 Å². The number of hydrogen-bond acceptors (Lipinski definition) is 2. The summed E-state index contributed by atoms with van der Waals surface area (Å²) in [7, 11) is 0. The quantitative estimate of drug-likeness (QED) is 0.185. The molecule has 1 heterocycles. The Bertz CT molecular complexity index is 2670. The predicted molar refractivity (Wildman–Crippen MR) is 203 cm³/mol. The fourth-order valence-corrected chi connectivity index (χ4v) is 7.37. The van der Waals surface area contributed by atoms with E-state index in [-0.39, 0.29) is 0 Å². The molecule has 0 saturated carbocycles. The lowest BCUT2D eigenvalue weighted by Crippen LogP contribution is -1.94. The van der Waals surface area contributed by atoms with Gasteiger partial charge < -0.3 is 0 Å². The van der Waals surface area contributed by atoms with Gasteiger partial charge in [-0.25, -0.2) is 9.97 Å². The third kappa shape index (κ3) is 4.82. The molecular formula is C46H32N2. The number of aromatic nitrogens is 2. The van der Waals surface area contributed by atoms with E-state index in [1.807, 2.05) is 19.9 Å². The van der Waals surface area contributed by atoms with E-state index < -0.39 is 0 Å². The lowest BCUT2D eigenvalue weighted by molar-refractivity contribution is 1.02. The van der Waals surface area contributed by atoms with E-state index in [0.29, 0.717) is 0 Å². The van der Waals surface area contributed by atoms with Crippen LogP contribution in [0.2, 0.25) is 0 Å². The van der Waals surface area contributed by atoms with Crippen LogP contribution < -0.4 is 0 Å². The maximum atomic E-state index is 4.69. The number of aryl methyl sites for hydroxylation is 2. The molecule has 2 heteroatoms. The largest absolute Gasteiger partial charge is 0.239 e. The Kier molecular flexibility index (Phi) is 6.62. The van der Waals surface area contributed by atoms with E-state index in [9.17, 15) is 0 Å². The summed E-state index contributed by atoms with van der Waals surface area (Å²) in [5, 5.41) is 10.00. The summed E-state index contributed by atoms with van der Waals surface area (Å²) < 4.78 is 0. The first kappa shape index (κ1) is 28.1. The van der Waals surface area contributed by atoms with E-state index >= 15 is 0 Å². The highest BCUT2D eigenvalue weighted by atomic mass is 14.9. The Balaban J connectivity index is 1.31. The molecule has 2 nitrogen and oxygen atoms in total. The molecule has 0 aliphatic heterocycles. The average molecular weight is 613 g/mol. The second-order valence-electron chi connectivity index (χ2n) is 12.7. The number of nitrogens with zero attached hydrogens (tertiary/aromatic N) is 2. The van der Waals surface area contributed by atoms with Crippen LogP contribution >= 0.6 is 0 Å². The first-order chi connectivity index (χ1) is 23.6. The molecule has 0 spiro atoms. The normalized spacial score (nSPS) is 11.5. The lowest BCUT2D eigenvalue weighted by atomic mass is 9.84. The highest BCUT2D eigenvalue weighted by Crippen LogP contribution is 2.45. The molecule has 0 unspecified atom stereocenters. The molecule has 0 bridgehead atoms. The maximum Gasteiger partial charge on any atom is 0.126 e. The molecule has 226 valence electrons. The lowest BCUT2D eigenvalue weighted by Gasteiger charge is -2.19. The average Bonchev–Trinajstić information content (AvgIpc) is 3.13. The van der Waals surface area contributed by atoms with Crippen molar-refractivity contribution in [2.45, 2.75) is 13.8 Å². The first-order valence-electron chi connectivity index (χ1n) is 16.5. The zero-order chi connectivity index (χ0) is 32.2. The van der Waals surface area contributed by atoms with Gasteiger partial charge in [0.05, 0.1) is 5.69 Å². The van der Waals surface area contributed by atoms with Gasteiger partial charge in [0, 0.05) is 11.3 Å². The van der Waals surface area contributed by atoms with Gasteiger partial charge >= 0.3 is 0 Å². The summed E-state index contributed by atoms with van der Waals surface area (Å²) in [4.78, 5) is 9.15. The van der Waals surface area contributed by atoms with Crippen LogP contribution in [-0.2, 0) is 0 Å². The SMILES string of the molecule is Cc1cc(-c2ccc(-c3ccc4c(-c5ccc6ccccc6c5)c5ccccc5c(-c5ccc6ccccc6c5)c4c3)cc2)nc(C)n1. The van der Waals surface area contributed by atoms with E-state index in [2.05, 4.69) is 162 Å². The number of rotatable bonds is 4. The molecule has 0 amide bonds. The van der Waals surface area contributed by atoms with Gasteiger partial charge in [-0.2, -0.15) is 0 Å². The second-order valence-corrected chi connectivity index (χ2v) is 12.7. The summed E-state index contributed by atoms with van der Waals surface area (Å²) in [6, 6.07) is 57.7. The smallest absolute Gasteiger partial charge is 0.126 e. The zero-order valence-electron chi connectivity index (χ0n) is 26.9. The minimum Gasteiger partial charge on any atom is -0.239 e. The van der Waals surface area contributed by atoms with Crippen molar-refractivity contribution in [3.63, 3.8) is 0 Å². The minimum atomic E-state index is 0.791. The van der Waals surface area contributed by atoms with Crippen molar-refractivity contribution in [2.24, 2.45) is 0 Å². The number of fused-ring (bicyclic) bond motifs is 4. The Labute approximate surface area is 280 Å². The molecule has 0 fully saturated rings. The number of hydrogen-bond donors (Lipinski definition) is 0. The standard InChI is InChI=1S/C46H32N2/c1-29-25-44(48-30(2)47-29)34-19-15-33(16-20-34)37-23-24-42-43(28-37)46(39-22-18-32-10-4-6-12-36(32)27-39)41-14-8-7-13-40(41)45(42)38-21-17-31-9-3-5-11-35(31)26-38/h3-28H,1-2H3. The maximum absolute atomic E-state index is 4.69. The molecular weight excluding hydrogens is 581 g/mol. The van der Waals surface area contributed by atoms with E-state index in [1.165, 1.54) is 76.5 Å². The summed E-state index contributed by atoms with van der Waals surface area (Å²) in [6.45, 7) is 3.97. The highest BCUT2D eigenvalue weighted by molar-refractivity contribution is 6.22. The van der Waals surface area contributed by atoms with Crippen LogP contribution in [0, 0.1) is 13.8 Å². The Morgan fingerprint density at radius 3 is 1.42 bits per heavy atom. The fourth-order valence-electron chi connectivity index (χ4n) is 7.37. The molecule has 48 heavy (non-hydrogen) atoms. The van der Waals surface area contributed by atoms with E-state index in [4.69, 9.17) is 0 Å². The van der Waals surface area contributed by atoms with Crippen molar-refractivity contribution < 1.29 is 0 Å². The summed E-state index contributed by atoms with van der Waals surface area (Å²) in [6.07, 6.45) is 0. The van der Waals surface area contributed by atoms with Gasteiger partial charge in [-0.3, -0.25) is 0 Å². The van der Waals surface area contributed by atoms with Crippen LogP contribution in [0.3, 0.4) is 0 Å². The molecule has 0 aliphatic rings. The van der Waals surface area contributed by atoms with Crippen molar-refractivity contribution in [1.29, 1.82) is 0 Å². The topological polar surface area (TPSA) is 25.8 Å². The van der Waals surface area contributed by atoms with Crippen LogP contribution in [0.15, 0.2) is 158 Å². The molecule has 9 rings (SSSR count). The van der Waals surface area contributed by atoms with Crippen molar-refractivity contribution in [3.8, 4) is 44.6 Å². The summed E-state index contributed by atoms with van der Waals surface area (Å²) in [5.41, 5.74) is 10.4. The zero-order valence-corrected chi connectivity index (χ0v) is 26.9. The molecule has 9 aromatic rings.